The zero-order valence-corrected chi connectivity index (χ0v) is 24.5. The maximum atomic E-state index is 13.3. The largest absolute Gasteiger partial charge is 0.379 e. The van der Waals surface area contributed by atoms with Gasteiger partial charge in [0.2, 0.25) is 15.9 Å². The van der Waals surface area contributed by atoms with Crippen molar-refractivity contribution in [2.45, 2.75) is 23.8 Å². The first kappa shape index (κ1) is 28.4. The molecule has 1 fully saturated rings. The summed E-state index contributed by atoms with van der Waals surface area (Å²) in [4.78, 5) is 13.1. The number of ether oxygens (including phenoxy) is 1. The van der Waals surface area contributed by atoms with E-state index in [4.69, 9.17) is 16.3 Å². The number of nitrogens with zero attached hydrogens (tertiary/aromatic N) is 2. The molecule has 0 aliphatic carbocycles. The molecule has 0 unspecified atom stereocenters. The zero-order chi connectivity index (χ0) is 28.3. The predicted octanol–water partition coefficient (Wildman–Crippen LogP) is 5.77. The van der Waals surface area contributed by atoms with E-state index < -0.39 is 10.0 Å². The van der Waals surface area contributed by atoms with Crippen molar-refractivity contribution in [1.82, 2.24) is 14.5 Å². The number of morpholine rings is 1. The molecule has 1 aliphatic rings. The Kier molecular flexibility index (Phi) is 8.62. The minimum atomic E-state index is -3.69. The van der Waals surface area contributed by atoms with Crippen LogP contribution in [0.3, 0.4) is 0 Å². The number of aromatic nitrogens is 2. The Bertz CT molecular complexity index is 1630. The van der Waals surface area contributed by atoms with Gasteiger partial charge in [0.1, 0.15) is 5.03 Å². The van der Waals surface area contributed by atoms with Crippen molar-refractivity contribution in [3.05, 3.63) is 82.9 Å². The van der Waals surface area contributed by atoms with Crippen molar-refractivity contribution in [2.75, 3.05) is 37.4 Å². The molecular weight excluding hydrogens is 568 g/mol. The second kappa shape index (κ2) is 12.2. The van der Waals surface area contributed by atoms with E-state index in [9.17, 15) is 13.2 Å². The zero-order valence-electron chi connectivity index (χ0n) is 22.1. The van der Waals surface area contributed by atoms with Crippen LogP contribution in [0.5, 0.6) is 0 Å². The molecule has 40 heavy (non-hydrogen) atoms. The van der Waals surface area contributed by atoms with E-state index in [1.54, 1.807) is 24.3 Å². The lowest BCUT2D eigenvalue weighted by molar-refractivity contribution is -0.113. The number of rotatable bonds is 8. The highest BCUT2D eigenvalue weighted by Crippen LogP contribution is 2.41. The Morgan fingerprint density at radius 3 is 2.48 bits per heavy atom. The van der Waals surface area contributed by atoms with Crippen LogP contribution >= 0.6 is 23.4 Å². The predicted molar refractivity (Wildman–Crippen MR) is 159 cm³/mol. The van der Waals surface area contributed by atoms with Crippen LogP contribution < -0.4 is 5.32 Å². The van der Waals surface area contributed by atoms with Gasteiger partial charge in [0.15, 0.2) is 0 Å². The quantitative estimate of drug-likeness (QED) is 0.250. The van der Waals surface area contributed by atoms with Crippen molar-refractivity contribution in [3.63, 3.8) is 0 Å². The van der Waals surface area contributed by atoms with Crippen LogP contribution in [-0.2, 0) is 19.6 Å². The monoisotopic (exact) mass is 596 g/mol. The molecule has 1 saturated heterocycles. The molecule has 8 nitrogen and oxygen atoms in total. The molecule has 2 heterocycles. The number of aromatic amines is 1. The summed E-state index contributed by atoms with van der Waals surface area (Å²) in [6, 6.07) is 20.0. The summed E-state index contributed by atoms with van der Waals surface area (Å²) in [5.41, 5.74) is 5.48. The van der Waals surface area contributed by atoms with Crippen molar-refractivity contribution >= 4 is 45.0 Å². The van der Waals surface area contributed by atoms with Crippen molar-refractivity contribution in [1.29, 1.82) is 0 Å². The molecule has 1 amide bonds. The van der Waals surface area contributed by atoms with Crippen LogP contribution in [-0.4, -0.2) is 60.9 Å². The SMILES string of the molecule is Cc1cccc(C)c1NC(=O)CSc1n[nH]c(-c2cccc(S(=O)(=O)N3CCOCC3)c2)c1-c1ccccc1Cl. The van der Waals surface area contributed by atoms with Crippen LogP contribution in [0.4, 0.5) is 5.69 Å². The van der Waals surface area contributed by atoms with E-state index >= 15 is 0 Å². The Morgan fingerprint density at radius 1 is 1.05 bits per heavy atom. The molecule has 1 aliphatic heterocycles. The Labute approximate surface area is 243 Å². The standard InChI is InChI=1S/C29H29ClN4O4S2/c1-19-7-5-8-20(2)27(19)31-25(35)18-39-29-26(23-11-3-4-12-24(23)30)28(32-33-29)21-9-6-10-22(17-21)40(36,37)34-13-15-38-16-14-34/h3-12,17H,13-16,18H2,1-2H3,(H,31,35)(H,32,33). The molecular formula is C29H29ClN4O4S2. The number of benzene rings is 3. The molecule has 3 aromatic carbocycles. The van der Waals surface area contributed by atoms with Crippen LogP contribution in [0.2, 0.25) is 5.02 Å². The lowest BCUT2D eigenvalue weighted by Crippen LogP contribution is -2.40. The van der Waals surface area contributed by atoms with Crippen LogP contribution in [0.15, 0.2) is 76.7 Å². The van der Waals surface area contributed by atoms with Crippen molar-refractivity contribution < 1.29 is 17.9 Å². The number of carbonyl (C=O) groups is 1. The number of thioether (sulfide) groups is 1. The average molecular weight is 597 g/mol. The Morgan fingerprint density at radius 2 is 1.75 bits per heavy atom. The van der Waals surface area contributed by atoms with Crippen molar-refractivity contribution in [2.24, 2.45) is 0 Å². The number of amides is 1. The number of para-hydroxylation sites is 1. The molecule has 0 bridgehead atoms. The molecule has 208 valence electrons. The van der Waals surface area contributed by atoms with Gasteiger partial charge in [-0.15, -0.1) is 0 Å². The molecule has 5 rings (SSSR count). The lowest BCUT2D eigenvalue weighted by Gasteiger charge is -2.26. The van der Waals surface area contributed by atoms with Crippen LogP contribution in [0, 0.1) is 13.8 Å². The number of hydrogen-bond acceptors (Lipinski definition) is 6. The first-order valence-electron chi connectivity index (χ1n) is 12.8. The van der Waals surface area contributed by atoms with E-state index in [2.05, 4.69) is 15.5 Å². The second-order valence-electron chi connectivity index (χ2n) is 9.41. The van der Waals surface area contributed by atoms with Gasteiger partial charge in [0.05, 0.1) is 29.6 Å². The van der Waals surface area contributed by atoms with E-state index in [1.165, 1.54) is 16.1 Å². The molecule has 1 aromatic heterocycles. The Hall–Kier alpha value is -3.15. The Balaban J connectivity index is 1.47. The minimum Gasteiger partial charge on any atom is -0.379 e. The summed E-state index contributed by atoms with van der Waals surface area (Å²) in [5, 5.41) is 11.7. The highest BCUT2D eigenvalue weighted by Gasteiger charge is 2.27. The van der Waals surface area contributed by atoms with Crippen LogP contribution in [0.1, 0.15) is 11.1 Å². The summed E-state index contributed by atoms with van der Waals surface area (Å²) in [6.07, 6.45) is 0. The summed E-state index contributed by atoms with van der Waals surface area (Å²) >= 11 is 7.90. The van der Waals surface area contributed by atoms with Gasteiger partial charge in [-0.25, -0.2) is 8.42 Å². The van der Waals surface area contributed by atoms with Gasteiger partial charge in [0.25, 0.3) is 0 Å². The van der Waals surface area contributed by atoms with Crippen LogP contribution in [0.25, 0.3) is 22.4 Å². The minimum absolute atomic E-state index is 0.126. The van der Waals surface area contributed by atoms with Gasteiger partial charge in [-0.05, 0) is 43.2 Å². The molecule has 0 radical (unpaired) electrons. The first-order chi connectivity index (χ1) is 19.3. The molecule has 4 aromatic rings. The summed E-state index contributed by atoms with van der Waals surface area (Å²) in [6.45, 7) is 5.28. The van der Waals surface area contributed by atoms with E-state index in [-0.39, 0.29) is 16.6 Å². The van der Waals surface area contributed by atoms with Gasteiger partial charge in [-0.3, -0.25) is 9.89 Å². The summed E-state index contributed by atoms with van der Waals surface area (Å²) < 4.78 is 33.4. The number of aryl methyl sites for hydroxylation is 2. The number of H-pyrrole nitrogens is 1. The van der Waals surface area contributed by atoms with Gasteiger partial charge < -0.3 is 10.1 Å². The highest BCUT2D eigenvalue weighted by atomic mass is 35.5. The third kappa shape index (κ3) is 5.96. The number of sulfonamides is 1. The first-order valence-corrected chi connectivity index (χ1v) is 15.6. The highest BCUT2D eigenvalue weighted by molar-refractivity contribution is 8.00. The molecule has 0 atom stereocenters. The molecule has 11 heteroatoms. The lowest BCUT2D eigenvalue weighted by atomic mass is 10.0. The van der Waals surface area contributed by atoms with Gasteiger partial charge in [-0.2, -0.15) is 9.40 Å². The fraction of sp³-hybridized carbons (Fsp3) is 0.241. The van der Waals surface area contributed by atoms with Gasteiger partial charge in [0, 0.05) is 40.5 Å². The smallest absolute Gasteiger partial charge is 0.243 e. The third-order valence-electron chi connectivity index (χ3n) is 6.69. The van der Waals surface area contributed by atoms with Crippen molar-refractivity contribution in [3.8, 4) is 22.4 Å². The normalized spacial score (nSPS) is 14.3. The number of halogens is 1. The number of hydrogen-bond donors (Lipinski definition) is 2. The summed E-state index contributed by atoms with van der Waals surface area (Å²) in [7, 11) is -3.69. The van der Waals surface area contributed by atoms with E-state index in [1.807, 2.05) is 56.3 Å². The third-order valence-corrected chi connectivity index (χ3v) is 9.89. The summed E-state index contributed by atoms with van der Waals surface area (Å²) in [5.74, 6) is -0.0308. The molecule has 0 spiro atoms. The maximum absolute atomic E-state index is 13.3. The topological polar surface area (TPSA) is 104 Å². The average Bonchev–Trinajstić information content (AvgIpc) is 3.38. The number of nitrogens with one attached hydrogen (secondary N) is 2. The van der Waals surface area contributed by atoms with Gasteiger partial charge >= 0.3 is 0 Å². The number of carbonyl (C=O) groups excluding carboxylic acids is 1. The molecule has 2 N–H and O–H groups in total. The van der Waals surface area contributed by atoms with E-state index in [0.29, 0.717) is 53.2 Å². The fourth-order valence-electron chi connectivity index (χ4n) is 4.62. The number of anilines is 1. The van der Waals surface area contributed by atoms with E-state index in [0.717, 1.165) is 22.4 Å². The molecule has 0 saturated carbocycles. The maximum Gasteiger partial charge on any atom is 0.243 e. The second-order valence-corrected chi connectivity index (χ2v) is 12.7. The fourth-order valence-corrected chi connectivity index (χ4v) is 7.11. The van der Waals surface area contributed by atoms with Gasteiger partial charge in [-0.1, -0.05) is 71.9 Å².